The summed E-state index contributed by atoms with van der Waals surface area (Å²) < 4.78 is 67.5. The highest BCUT2D eigenvalue weighted by atomic mass is 19.4. The average Bonchev–Trinajstić information content (AvgIpc) is 2.68. The lowest BCUT2D eigenvalue weighted by atomic mass is 10.3. The minimum atomic E-state index is -5.54. The Morgan fingerprint density at radius 3 is 2.15 bits per heavy atom. The summed E-state index contributed by atoms with van der Waals surface area (Å²) in [7, 11) is 0. The van der Waals surface area contributed by atoms with Gasteiger partial charge in [0.15, 0.2) is 0 Å². The van der Waals surface area contributed by atoms with Gasteiger partial charge in [-0.2, -0.15) is 22.0 Å². The van der Waals surface area contributed by atoms with Crippen molar-refractivity contribution in [2.75, 3.05) is 19.8 Å². The van der Waals surface area contributed by atoms with Crippen LogP contribution in [0.4, 0.5) is 22.0 Å². The summed E-state index contributed by atoms with van der Waals surface area (Å²) in [5.74, 6) is -4.78. The number of epoxide rings is 1. The van der Waals surface area contributed by atoms with E-state index in [1.807, 2.05) is 0 Å². The van der Waals surface area contributed by atoms with Crippen LogP contribution in [0.25, 0.3) is 0 Å². The predicted molar refractivity (Wildman–Crippen MR) is 31.6 cm³/mol. The van der Waals surface area contributed by atoms with Gasteiger partial charge in [-0.1, -0.05) is 0 Å². The average molecular weight is 206 g/mol. The molecule has 1 saturated heterocycles. The number of hydrogen-bond acceptors (Lipinski definition) is 2. The van der Waals surface area contributed by atoms with Crippen LogP contribution in [0, 0.1) is 0 Å². The largest absolute Gasteiger partial charge is 0.455 e. The fourth-order valence-corrected chi connectivity index (χ4v) is 0.565. The van der Waals surface area contributed by atoms with Crippen molar-refractivity contribution in [3.05, 3.63) is 0 Å². The summed E-state index contributed by atoms with van der Waals surface area (Å²) in [5, 5.41) is 0. The number of alkyl halides is 5. The molecule has 7 heteroatoms. The van der Waals surface area contributed by atoms with E-state index in [2.05, 4.69) is 9.47 Å². The van der Waals surface area contributed by atoms with E-state index < -0.39 is 18.7 Å². The van der Waals surface area contributed by atoms with Crippen molar-refractivity contribution < 1.29 is 31.4 Å². The van der Waals surface area contributed by atoms with E-state index in [1.165, 1.54) is 0 Å². The minimum Gasteiger partial charge on any atom is -0.372 e. The van der Waals surface area contributed by atoms with Gasteiger partial charge in [-0.25, -0.2) is 0 Å². The van der Waals surface area contributed by atoms with E-state index in [0.717, 1.165) is 0 Å². The molecule has 1 fully saturated rings. The van der Waals surface area contributed by atoms with Gasteiger partial charge in [-0.15, -0.1) is 0 Å². The fourth-order valence-electron chi connectivity index (χ4n) is 0.565. The Morgan fingerprint density at radius 1 is 1.23 bits per heavy atom. The molecule has 0 saturated carbocycles. The van der Waals surface area contributed by atoms with Crippen LogP contribution in [-0.4, -0.2) is 38.0 Å². The first-order valence-corrected chi connectivity index (χ1v) is 3.47. The third kappa shape index (κ3) is 3.07. The van der Waals surface area contributed by atoms with Gasteiger partial charge in [0.25, 0.3) is 0 Å². The SMILES string of the molecule is FC(F)(F)C(F)(F)COCC1CO1. The zero-order valence-electron chi connectivity index (χ0n) is 6.40. The summed E-state index contributed by atoms with van der Waals surface area (Å²) in [6.07, 6.45) is -5.86. The molecule has 0 bridgehead atoms. The number of ether oxygens (including phenoxy) is 2. The van der Waals surface area contributed by atoms with Crippen molar-refractivity contribution in [1.82, 2.24) is 0 Å². The lowest BCUT2D eigenvalue weighted by Gasteiger charge is -2.18. The Labute approximate surface area is 70.6 Å². The third-order valence-electron chi connectivity index (χ3n) is 1.40. The summed E-state index contributed by atoms with van der Waals surface area (Å²) in [4.78, 5) is 0. The van der Waals surface area contributed by atoms with Crippen LogP contribution < -0.4 is 0 Å². The second kappa shape index (κ2) is 3.38. The molecule has 1 aliphatic heterocycles. The number of halogens is 5. The second-order valence-corrected chi connectivity index (χ2v) is 2.67. The van der Waals surface area contributed by atoms with Gasteiger partial charge >= 0.3 is 12.1 Å². The van der Waals surface area contributed by atoms with Gasteiger partial charge < -0.3 is 9.47 Å². The predicted octanol–water partition coefficient (Wildman–Crippen LogP) is 1.60. The maximum atomic E-state index is 12.1. The Bertz CT molecular complexity index is 174. The second-order valence-electron chi connectivity index (χ2n) is 2.67. The summed E-state index contributed by atoms with van der Waals surface area (Å²) in [6.45, 7) is -1.50. The first-order chi connectivity index (χ1) is 5.83. The molecule has 1 atom stereocenters. The standard InChI is InChI=1S/C6H7F5O2/c7-5(8,6(9,10)11)3-12-1-4-2-13-4/h4H,1-3H2. The van der Waals surface area contributed by atoms with E-state index in [0.29, 0.717) is 6.61 Å². The van der Waals surface area contributed by atoms with Crippen molar-refractivity contribution >= 4 is 0 Å². The van der Waals surface area contributed by atoms with Crippen LogP contribution in [-0.2, 0) is 9.47 Å². The van der Waals surface area contributed by atoms with Crippen LogP contribution in [0.2, 0.25) is 0 Å². The van der Waals surface area contributed by atoms with Crippen molar-refractivity contribution in [3.63, 3.8) is 0 Å². The van der Waals surface area contributed by atoms with Gasteiger partial charge in [-0.05, 0) is 0 Å². The van der Waals surface area contributed by atoms with Crippen molar-refractivity contribution in [3.8, 4) is 0 Å². The Hall–Kier alpha value is -0.430. The minimum absolute atomic E-state index is 0.217. The molecule has 0 radical (unpaired) electrons. The van der Waals surface area contributed by atoms with Crippen molar-refractivity contribution in [1.29, 1.82) is 0 Å². The molecule has 2 nitrogen and oxygen atoms in total. The molecule has 0 aromatic heterocycles. The van der Waals surface area contributed by atoms with Crippen LogP contribution in [0.5, 0.6) is 0 Å². The number of rotatable bonds is 4. The van der Waals surface area contributed by atoms with E-state index in [9.17, 15) is 22.0 Å². The molecule has 0 aromatic carbocycles. The summed E-state index contributed by atoms with van der Waals surface area (Å²) in [5.41, 5.74) is 0. The molecule has 13 heavy (non-hydrogen) atoms. The van der Waals surface area contributed by atoms with Crippen LogP contribution in [0.1, 0.15) is 0 Å². The van der Waals surface area contributed by atoms with Crippen LogP contribution in [0.15, 0.2) is 0 Å². The molecular formula is C6H7F5O2. The molecule has 0 spiro atoms. The quantitative estimate of drug-likeness (QED) is 0.514. The van der Waals surface area contributed by atoms with E-state index >= 15 is 0 Å². The molecule has 1 aliphatic rings. The van der Waals surface area contributed by atoms with Gasteiger partial charge in [0.1, 0.15) is 12.7 Å². The smallest absolute Gasteiger partial charge is 0.372 e. The van der Waals surface area contributed by atoms with Crippen LogP contribution >= 0.6 is 0 Å². The Balaban J connectivity index is 2.23. The van der Waals surface area contributed by atoms with E-state index in [-0.39, 0.29) is 12.7 Å². The van der Waals surface area contributed by atoms with Gasteiger partial charge in [0, 0.05) is 0 Å². The summed E-state index contributed by atoms with van der Waals surface area (Å²) in [6, 6.07) is 0. The number of hydrogen-bond donors (Lipinski definition) is 0. The van der Waals surface area contributed by atoms with Gasteiger partial charge in [-0.3, -0.25) is 0 Å². The molecule has 78 valence electrons. The highest BCUT2D eigenvalue weighted by molar-refractivity contribution is 4.76. The lowest BCUT2D eigenvalue weighted by molar-refractivity contribution is -0.296. The van der Waals surface area contributed by atoms with Gasteiger partial charge in [0.2, 0.25) is 0 Å². The molecule has 1 rings (SSSR count). The zero-order valence-corrected chi connectivity index (χ0v) is 6.40. The van der Waals surface area contributed by atoms with Crippen LogP contribution in [0.3, 0.4) is 0 Å². The van der Waals surface area contributed by atoms with Crippen molar-refractivity contribution in [2.24, 2.45) is 0 Å². The maximum absolute atomic E-state index is 12.1. The normalized spacial score (nSPS) is 23.3. The Morgan fingerprint density at radius 2 is 1.77 bits per heavy atom. The highest BCUT2D eigenvalue weighted by Crippen LogP contribution is 2.35. The van der Waals surface area contributed by atoms with E-state index in [1.54, 1.807) is 0 Å². The Kier molecular flexibility index (Phi) is 2.76. The molecule has 1 unspecified atom stereocenters. The van der Waals surface area contributed by atoms with Crippen molar-refractivity contribution in [2.45, 2.75) is 18.2 Å². The molecule has 0 N–H and O–H groups in total. The third-order valence-corrected chi connectivity index (χ3v) is 1.40. The molecular weight excluding hydrogens is 199 g/mol. The lowest BCUT2D eigenvalue weighted by Crippen LogP contribution is -2.41. The van der Waals surface area contributed by atoms with Gasteiger partial charge in [0.05, 0.1) is 13.2 Å². The summed E-state index contributed by atoms with van der Waals surface area (Å²) >= 11 is 0. The molecule has 0 aliphatic carbocycles. The molecule has 0 aromatic rings. The first kappa shape index (κ1) is 10.6. The highest BCUT2D eigenvalue weighted by Gasteiger charge is 2.57. The molecule has 1 heterocycles. The van der Waals surface area contributed by atoms with E-state index in [4.69, 9.17) is 0 Å². The maximum Gasteiger partial charge on any atom is 0.455 e. The first-order valence-electron chi connectivity index (χ1n) is 3.47. The fraction of sp³-hybridized carbons (Fsp3) is 1.00. The zero-order chi connectivity index (χ0) is 10.1. The molecule has 0 amide bonds. The monoisotopic (exact) mass is 206 g/mol. The topological polar surface area (TPSA) is 21.8 Å².